The Morgan fingerprint density at radius 1 is 1.19 bits per heavy atom. The highest BCUT2D eigenvalue weighted by Gasteiger charge is 2.15. The first-order chi connectivity index (χ1) is 14.9. The first kappa shape index (κ1) is 20.7. The molecule has 0 saturated heterocycles. The molecule has 2 aromatic heterocycles. The molecule has 158 valence electrons. The first-order valence-corrected chi connectivity index (χ1v) is 10.5. The Hall–Kier alpha value is -3.52. The van der Waals surface area contributed by atoms with Gasteiger partial charge in [-0.15, -0.1) is 11.3 Å². The Morgan fingerprint density at radius 3 is 2.65 bits per heavy atom. The van der Waals surface area contributed by atoms with Crippen LogP contribution in [0.3, 0.4) is 0 Å². The summed E-state index contributed by atoms with van der Waals surface area (Å²) in [5.41, 5.74) is 9.80. The number of aromatic nitrogens is 2. The number of fused-ring (bicyclic) bond motifs is 1. The Labute approximate surface area is 181 Å². The number of nitrogens with two attached hydrogens (primary N) is 1. The largest absolute Gasteiger partial charge is 0.375 e. The van der Waals surface area contributed by atoms with E-state index in [9.17, 15) is 13.6 Å². The Morgan fingerprint density at radius 2 is 1.94 bits per heavy atom. The van der Waals surface area contributed by atoms with Crippen LogP contribution in [0.15, 0.2) is 47.9 Å². The van der Waals surface area contributed by atoms with E-state index >= 15 is 0 Å². The third-order valence-electron chi connectivity index (χ3n) is 5.00. The summed E-state index contributed by atoms with van der Waals surface area (Å²) in [4.78, 5) is 19.3. The number of halogens is 2. The lowest BCUT2D eigenvalue weighted by molar-refractivity contribution is -0.116. The Kier molecular flexibility index (Phi) is 5.81. The van der Waals surface area contributed by atoms with Crippen molar-refractivity contribution in [3.63, 3.8) is 0 Å². The molecular formula is C23H20F2N4OS. The van der Waals surface area contributed by atoms with Gasteiger partial charge in [-0.2, -0.15) is 0 Å². The number of thiazole rings is 1. The van der Waals surface area contributed by atoms with Crippen LogP contribution in [0.25, 0.3) is 28.2 Å². The number of carbonyl (C=O) groups is 1. The van der Waals surface area contributed by atoms with Gasteiger partial charge in [0.1, 0.15) is 11.6 Å². The highest BCUT2D eigenvalue weighted by atomic mass is 32.1. The fourth-order valence-corrected chi connectivity index (χ4v) is 4.03. The Bertz CT molecular complexity index is 1270. The van der Waals surface area contributed by atoms with E-state index in [0.717, 1.165) is 29.0 Å². The second-order valence-electron chi connectivity index (χ2n) is 7.08. The molecule has 0 bridgehead atoms. The van der Waals surface area contributed by atoms with E-state index in [2.05, 4.69) is 15.3 Å². The summed E-state index contributed by atoms with van der Waals surface area (Å²) in [7, 11) is 0. The lowest BCUT2D eigenvalue weighted by Crippen LogP contribution is -2.23. The summed E-state index contributed by atoms with van der Waals surface area (Å²) in [5, 5.41) is 5.43. The van der Waals surface area contributed by atoms with Crippen LogP contribution in [0, 0.1) is 18.6 Å². The van der Waals surface area contributed by atoms with Gasteiger partial charge in [-0.1, -0.05) is 24.3 Å². The van der Waals surface area contributed by atoms with Crippen molar-refractivity contribution in [2.75, 3.05) is 12.3 Å². The van der Waals surface area contributed by atoms with Crippen LogP contribution in [0.2, 0.25) is 0 Å². The monoisotopic (exact) mass is 438 g/mol. The van der Waals surface area contributed by atoms with Crippen molar-refractivity contribution in [1.29, 1.82) is 0 Å². The molecule has 5 nitrogen and oxygen atoms in total. The highest BCUT2D eigenvalue weighted by Crippen LogP contribution is 2.27. The zero-order valence-corrected chi connectivity index (χ0v) is 17.5. The number of nitrogens with zero attached hydrogens (tertiary/aromatic N) is 1. The number of nitrogens with one attached hydrogen (secondary N) is 2. The maximum absolute atomic E-state index is 14.2. The number of H-pyrrole nitrogens is 1. The van der Waals surface area contributed by atoms with Crippen molar-refractivity contribution in [2.24, 2.45) is 0 Å². The van der Waals surface area contributed by atoms with Gasteiger partial charge in [-0.05, 0) is 42.7 Å². The molecule has 4 rings (SSSR count). The first-order valence-electron chi connectivity index (χ1n) is 9.65. The third-order valence-corrected chi connectivity index (χ3v) is 5.67. The molecule has 2 heterocycles. The number of nitrogen functional groups attached to an aromatic ring is 1. The molecule has 0 radical (unpaired) electrons. The SMILES string of the molecule is Cc1[nH]c2c(F)ccc(F)c2c1CCNC(=O)/C=C/c1ccc(-c2csc(N)n2)cc1. The minimum Gasteiger partial charge on any atom is -0.375 e. The van der Waals surface area contributed by atoms with Crippen LogP contribution >= 0.6 is 11.3 Å². The summed E-state index contributed by atoms with van der Waals surface area (Å²) in [6.45, 7) is 2.07. The molecule has 31 heavy (non-hydrogen) atoms. The van der Waals surface area contributed by atoms with Crippen molar-refractivity contribution in [2.45, 2.75) is 13.3 Å². The summed E-state index contributed by atoms with van der Waals surface area (Å²) in [5.74, 6) is -1.24. The van der Waals surface area contributed by atoms with Crippen molar-refractivity contribution in [3.05, 3.63) is 76.3 Å². The van der Waals surface area contributed by atoms with E-state index < -0.39 is 11.6 Å². The van der Waals surface area contributed by atoms with Crippen LogP contribution in [-0.2, 0) is 11.2 Å². The fraction of sp³-hybridized carbons (Fsp3) is 0.130. The topological polar surface area (TPSA) is 83.8 Å². The van der Waals surface area contributed by atoms with Gasteiger partial charge in [0.2, 0.25) is 5.91 Å². The molecule has 0 aliphatic carbocycles. The molecule has 4 aromatic rings. The molecule has 4 N–H and O–H groups in total. The van der Waals surface area contributed by atoms with Crippen LogP contribution in [0.4, 0.5) is 13.9 Å². The van der Waals surface area contributed by atoms with Crippen LogP contribution in [0.5, 0.6) is 0 Å². The van der Waals surface area contributed by atoms with Crippen LogP contribution in [-0.4, -0.2) is 22.4 Å². The van der Waals surface area contributed by atoms with Gasteiger partial charge in [0.25, 0.3) is 0 Å². The number of benzene rings is 2. The van der Waals surface area contributed by atoms with Crippen molar-refractivity contribution in [1.82, 2.24) is 15.3 Å². The molecule has 0 fully saturated rings. The normalized spacial score (nSPS) is 11.5. The zero-order chi connectivity index (χ0) is 22.0. The highest BCUT2D eigenvalue weighted by molar-refractivity contribution is 7.13. The Balaban J connectivity index is 1.36. The standard InChI is InChI=1S/C23H20F2N4OS/c1-13-16(21-17(24)7-8-18(25)22(21)28-13)10-11-27-20(30)9-4-14-2-5-15(6-3-14)19-12-31-23(26)29-19/h2-9,12,28H,10-11H2,1H3,(H2,26,29)(H,27,30)/b9-4+. The number of carbonyl (C=O) groups excluding carboxylic acids is 1. The number of rotatable bonds is 6. The van der Waals surface area contributed by atoms with Gasteiger partial charge in [-0.3, -0.25) is 4.79 Å². The van der Waals surface area contributed by atoms with E-state index in [1.165, 1.54) is 17.4 Å². The smallest absolute Gasteiger partial charge is 0.244 e. The van der Waals surface area contributed by atoms with Gasteiger partial charge in [0.05, 0.1) is 11.2 Å². The fourth-order valence-electron chi connectivity index (χ4n) is 3.46. The van der Waals surface area contributed by atoms with E-state index in [0.29, 0.717) is 29.4 Å². The number of anilines is 1. The van der Waals surface area contributed by atoms with E-state index in [-0.39, 0.29) is 16.8 Å². The predicted octanol–water partition coefficient (Wildman–Crippen LogP) is 4.83. The number of amides is 1. The number of hydrogen-bond donors (Lipinski definition) is 3. The minimum atomic E-state index is -0.498. The van der Waals surface area contributed by atoms with Gasteiger partial charge in [0.15, 0.2) is 5.13 Å². The quantitative estimate of drug-likeness (QED) is 0.377. The van der Waals surface area contributed by atoms with Gasteiger partial charge in [-0.25, -0.2) is 13.8 Å². The number of aryl methyl sites for hydroxylation is 1. The zero-order valence-electron chi connectivity index (χ0n) is 16.7. The molecule has 0 saturated carbocycles. The molecule has 0 atom stereocenters. The maximum Gasteiger partial charge on any atom is 0.244 e. The summed E-state index contributed by atoms with van der Waals surface area (Å²) in [6.07, 6.45) is 3.54. The summed E-state index contributed by atoms with van der Waals surface area (Å²) >= 11 is 1.39. The number of hydrogen-bond acceptors (Lipinski definition) is 4. The van der Waals surface area contributed by atoms with E-state index in [1.54, 1.807) is 13.0 Å². The van der Waals surface area contributed by atoms with Crippen molar-refractivity contribution in [3.8, 4) is 11.3 Å². The molecule has 1 amide bonds. The maximum atomic E-state index is 14.2. The molecule has 2 aromatic carbocycles. The molecule has 0 aliphatic rings. The summed E-state index contributed by atoms with van der Waals surface area (Å²) < 4.78 is 28.1. The lowest BCUT2D eigenvalue weighted by atomic mass is 10.1. The molecule has 0 aliphatic heterocycles. The molecule has 0 unspecified atom stereocenters. The number of aromatic amines is 1. The predicted molar refractivity (Wildman–Crippen MR) is 121 cm³/mol. The lowest BCUT2D eigenvalue weighted by Gasteiger charge is -2.04. The summed E-state index contributed by atoms with van der Waals surface area (Å²) in [6, 6.07) is 9.83. The van der Waals surface area contributed by atoms with Crippen LogP contribution in [0.1, 0.15) is 16.8 Å². The van der Waals surface area contributed by atoms with Gasteiger partial charge >= 0.3 is 0 Å². The van der Waals surface area contributed by atoms with Gasteiger partial charge in [0, 0.05) is 34.6 Å². The third kappa shape index (κ3) is 4.49. The second-order valence-corrected chi connectivity index (χ2v) is 7.96. The average Bonchev–Trinajstić information content (AvgIpc) is 3.34. The molecule has 0 spiro atoms. The molecule has 8 heteroatoms. The van der Waals surface area contributed by atoms with Crippen LogP contribution < -0.4 is 11.1 Å². The average molecular weight is 439 g/mol. The van der Waals surface area contributed by atoms with Crippen molar-refractivity contribution >= 4 is 39.4 Å². The van der Waals surface area contributed by atoms with E-state index in [1.807, 2.05) is 29.6 Å². The van der Waals surface area contributed by atoms with Gasteiger partial charge < -0.3 is 16.0 Å². The molecular weight excluding hydrogens is 418 g/mol. The van der Waals surface area contributed by atoms with E-state index in [4.69, 9.17) is 5.73 Å². The van der Waals surface area contributed by atoms with Crippen molar-refractivity contribution < 1.29 is 13.6 Å². The second kappa shape index (κ2) is 8.69. The minimum absolute atomic E-state index is 0.155.